The molecule has 6 nitrogen and oxygen atoms in total. The number of esters is 3. The second-order valence-corrected chi connectivity index (χ2v) is 18.5. The number of carbonyl (C=O) groups is 3. The summed E-state index contributed by atoms with van der Waals surface area (Å²) < 4.78 is 16.7. The van der Waals surface area contributed by atoms with Crippen LogP contribution in [-0.2, 0) is 28.6 Å². The van der Waals surface area contributed by atoms with Crippen molar-refractivity contribution in [2.75, 3.05) is 13.2 Å². The lowest BCUT2D eigenvalue weighted by molar-refractivity contribution is -0.166. The van der Waals surface area contributed by atoms with Crippen molar-refractivity contribution in [3.63, 3.8) is 0 Å². The van der Waals surface area contributed by atoms with Crippen LogP contribution in [0.4, 0.5) is 0 Å². The van der Waals surface area contributed by atoms with E-state index in [0.29, 0.717) is 19.3 Å². The molecule has 0 aromatic rings. The molecule has 1 unspecified atom stereocenters. The maximum Gasteiger partial charge on any atom is 0.306 e. The van der Waals surface area contributed by atoms with Gasteiger partial charge in [0.1, 0.15) is 13.2 Å². The molecule has 372 valence electrons. The van der Waals surface area contributed by atoms with Crippen molar-refractivity contribution >= 4 is 17.9 Å². The molecule has 0 spiro atoms. The fourth-order valence-corrected chi connectivity index (χ4v) is 7.99. The highest BCUT2D eigenvalue weighted by molar-refractivity contribution is 5.71. The van der Waals surface area contributed by atoms with Crippen LogP contribution in [0.1, 0.15) is 284 Å². The maximum atomic E-state index is 12.7. The predicted molar refractivity (Wildman–Crippen MR) is 275 cm³/mol. The Morgan fingerprint density at radius 1 is 0.328 bits per heavy atom. The molecule has 0 aromatic heterocycles. The van der Waals surface area contributed by atoms with Crippen LogP contribution in [0.2, 0.25) is 0 Å². The van der Waals surface area contributed by atoms with Gasteiger partial charge < -0.3 is 14.2 Å². The Hall–Kier alpha value is -2.63. The summed E-state index contributed by atoms with van der Waals surface area (Å²) in [6.45, 7) is 6.47. The van der Waals surface area contributed by atoms with Gasteiger partial charge >= 0.3 is 17.9 Å². The van der Waals surface area contributed by atoms with Gasteiger partial charge in [-0.05, 0) is 44.9 Å². The average Bonchev–Trinajstić information content (AvgIpc) is 3.29. The summed E-state index contributed by atoms with van der Waals surface area (Å²) >= 11 is 0. The van der Waals surface area contributed by atoms with E-state index in [-0.39, 0.29) is 37.5 Å². The third-order valence-electron chi connectivity index (χ3n) is 12.1. The number of unbranched alkanes of at least 4 members (excludes halogenated alkanes) is 31. The molecule has 0 aliphatic rings. The van der Waals surface area contributed by atoms with Crippen molar-refractivity contribution < 1.29 is 28.6 Å². The Labute approximate surface area is 397 Å². The van der Waals surface area contributed by atoms with Gasteiger partial charge in [0.25, 0.3) is 0 Å². The number of hydrogen-bond acceptors (Lipinski definition) is 6. The molecule has 0 aromatic carbocycles. The molecule has 0 aliphatic carbocycles. The number of ether oxygens (including phenoxy) is 3. The van der Waals surface area contributed by atoms with Crippen molar-refractivity contribution in [1.82, 2.24) is 0 Å². The van der Waals surface area contributed by atoms with Crippen molar-refractivity contribution in [2.24, 2.45) is 0 Å². The average molecular weight is 897 g/mol. The predicted octanol–water partition coefficient (Wildman–Crippen LogP) is 18.3. The fraction of sp³-hybridized carbons (Fsp3) is 0.810. The first-order valence-corrected chi connectivity index (χ1v) is 27.6. The van der Waals surface area contributed by atoms with Crippen molar-refractivity contribution in [3.05, 3.63) is 48.6 Å². The number of rotatable bonds is 50. The lowest BCUT2D eigenvalue weighted by Crippen LogP contribution is -2.30. The highest BCUT2D eigenvalue weighted by Crippen LogP contribution is 2.17. The van der Waals surface area contributed by atoms with Crippen LogP contribution in [0.15, 0.2) is 48.6 Å². The number of carbonyl (C=O) groups excluding carboxylic acids is 3. The third-order valence-corrected chi connectivity index (χ3v) is 12.1. The molecule has 0 heterocycles. The zero-order chi connectivity index (χ0) is 46.5. The zero-order valence-electron chi connectivity index (χ0n) is 42.6. The summed E-state index contributed by atoms with van der Waals surface area (Å²) in [5.41, 5.74) is 0. The molecule has 0 saturated heterocycles. The first kappa shape index (κ1) is 61.4. The molecule has 0 amide bonds. The molecular formula is C58H104O6. The monoisotopic (exact) mass is 897 g/mol. The van der Waals surface area contributed by atoms with E-state index in [9.17, 15) is 14.4 Å². The quantitative estimate of drug-likeness (QED) is 0.0262. The summed E-state index contributed by atoms with van der Waals surface area (Å²) in [4.78, 5) is 37.9. The van der Waals surface area contributed by atoms with Crippen LogP contribution in [-0.4, -0.2) is 37.2 Å². The van der Waals surface area contributed by atoms with Crippen LogP contribution in [0.25, 0.3) is 0 Å². The van der Waals surface area contributed by atoms with Crippen LogP contribution < -0.4 is 0 Å². The SMILES string of the molecule is CC/C=C\C/C=C\C/C=C\C/C=C\CCC(=O)OC(COC(=O)CCCCCCCCCCC)COC(=O)CCCCCCCCCCCCCCCCCCCCCCCCCC. The van der Waals surface area contributed by atoms with Crippen molar-refractivity contribution in [3.8, 4) is 0 Å². The summed E-state index contributed by atoms with van der Waals surface area (Å²) in [5, 5.41) is 0. The van der Waals surface area contributed by atoms with Crippen LogP contribution >= 0.6 is 0 Å². The Balaban J connectivity index is 4.20. The Morgan fingerprint density at radius 3 is 0.922 bits per heavy atom. The Kier molecular flexibility index (Phi) is 50.8. The molecule has 0 radical (unpaired) electrons. The Morgan fingerprint density at radius 2 is 0.609 bits per heavy atom. The van der Waals surface area contributed by atoms with Gasteiger partial charge in [-0.15, -0.1) is 0 Å². The third kappa shape index (κ3) is 50.4. The molecule has 0 N–H and O–H groups in total. The largest absolute Gasteiger partial charge is 0.462 e. The summed E-state index contributed by atoms with van der Waals surface area (Å²) in [7, 11) is 0. The molecule has 6 heteroatoms. The molecule has 0 bridgehead atoms. The normalized spacial score (nSPS) is 12.4. The van der Waals surface area contributed by atoms with Gasteiger partial charge in [-0.25, -0.2) is 0 Å². The Bertz CT molecular complexity index is 1120. The van der Waals surface area contributed by atoms with Gasteiger partial charge in [-0.1, -0.05) is 268 Å². The minimum Gasteiger partial charge on any atom is -0.462 e. The molecular weight excluding hydrogens is 793 g/mol. The topological polar surface area (TPSA) is 78.9 Å². The van der Waals surface area contributed by atoms with Crippen molar-refractivity contribution in [2.45, 2.75) is 290 Å². The van der Waals surface area contributed by atoms with E-state index < -0.39 is 6.10 Å². The highest BCUT2D eigenvalue weighted by Gasteiger charge is 2.19. The summed E-state index contributed by atoms with van der Waals surface area (Å²) in [6, 6.07) is 0. The maximum absolute atomic E-state index is 12.7. The van der Waals surface area contributed by atoms with Crippen LogP contribution in [0, 0.1) is 0 Å². The lowest BCUT2D eigenvalue weighted by atomic mass is 10.0. The molecule has 0 aliphatic heterocycles. The number of hydrogen-bond donors (Lipinski definition) is 0. The minimum absolute atomic E-state index is 0.0980. The van der Waals surface area contributed by atoms with Crippen LogP contribution in [0.3, 0.4) is 0 Å². The lowest BCUT2D eigenvalue weighted by Gasteiger charge is -2.18. The highest BCUT2D eigenvalue weighted by atomic mass is 16.6. The van der Waals surface area contributed by atoms with E-state index in [1.807, 2.05) is 12.2 Å². The zero-order valence-corrected chi connectivity index (χ0v) is 42.6. The van der Waals surface area contributed by atoms with E-state index in [4.69, 9.17) is 14.2 Å². The standard InChI is InChI=1S/C58H104O6/c1-4-7-10-13-16-19-21-23-24-25-26-27-28-29-30-31-32-33-35-36-39-42-45-48-51-57(60)63-54-55(53-62-56(59)50-47-44-41-38-18-15-12-9-6-3)64-58(61)52-49-46-43-40-37-34-22-20-17-14-11-8-5-2/h8,11,17,20,34,37,43,46,55H,4-7,9-10,12-16,18-19,21-33,35-36,38-42,44-45,47-54H2,1-3H3/b11-8-,20-17-,37-34-,46-43-. The molecule has 0 fully saturated rings. The van der Waals surface area contributed by atoms with Gasteiger partial charge in [-0.2, -0.15) is 0 Å². The van der Waals surface area contributed by atoms with Gasteiger partial charge in [0.2, 0.25) is 0 Å². The van der Waals surface area contributed by atoms with Gasteiger partial charge in [0.15, 0.2) is 6.10 Å². The molecule has 64 heavy (non-hydrogen) atoms. The van der Waals surface area contributed by atoms with Gasteiger partial charge in [-0.3, -0.25) is 14.4 Å². The second kappa shape index (κ2) is 53.0. The van der Waals surface area contributed by atoms with E-state index in [1.165, 1.54) is 173 Å². The fourth-order valence-electron chi connectivity index (χ4n) is 7.99. The van der Waals surface area contributed by atoms with Crippen molar-refractivity contribution in [1.29, 1.82) is 0 Å². The summed E-state index contributed by atoms with van der Waals surface area (Å²) in [5.74, 6) is -0.973. The number of allylic oxidation sites excluding steroid dienone is 8. The first-order valence-electron chi connectivity index (χ1n) is 27.6. The summed E-state index contributed by atoms with van der Waals surface area (Å²) in [6.07, 6.45) is 64.3. The van der Waals surface area contributed by atoms with E-state index >= 15 is 0 Å². The van der Waals surface area contributed by atoms with E-state index in [1.54, 1.807) is 0 Å². The minimum atomic E-state index is -0.805. The molecule has 1 atom stereocenters. The van der Waals surface area contributed by atoms with Gasteiger partial charge in [0, 0.05) is 19.3 Å². The van der Waals surface area contributed by atoms with E-state index in [0.717, 1.165) is 64.2 Å². The first-order chi connectivity index (χ1) is 31.5. The van der Waals surface area contributed by atoms with Gasteiger partial charge in [0.05, 0.1) is 0 Å². The van der Waals surface area contributed by atoms with Crippen LogP contribution in [0.5, 0.6) is 0 Å². The molecule has 0 saturated carbocycles. The smallest absolute Gasteiger partial charge is 0.306 e. The second-order valence-electron chi connectivity index (χ2n) is 18.5. The molecule has 0 rings (SSSR count). The van der Waals surface area contributed by atoms with E-state index in [2.05, 4.69) is 57.2 Å².